The van der Waals surface area contributed by atoms with Crippen molar-refractivity contribution in [3.8, 4) is 6.07 Å². The van der Waals surface area contributed by atoms with E-state index in [4.69, 9.17) is 9.68 Å². The number of furan rings is 1. The molecule has 0 fully saturated rings. The summed E-state index contributed by atoms with van der Waals surface area (Å²) in [5.74, 6) is 1.10. The van der Waals surface area contributed by atoms with Crippen LogP contribution in [0.25, 0.3) is 0 Å². The van der Waals surface area contributed by atoms with Crippen molar-refractivity contribution in [3.05, 3.63) is 47.2 Å². The third kappa shape index (κ3) is 1.94. The molecule has 0 aliphatic carbocycles. The van der Waals surface area contributed by atoms with E-state index in [2.05, 4.69) is 5.43 Å². The van der Waals surface area contributed by atoms with E-state index in [1.54, 1.807) is 12.1 Å². The standard InChI is InChI=1S/C12H13N3O/c1-9-3-4-10(2)15(9)14-8-12-6-5-11(7-13)16-12/h3-6,14H,8H2,1-2H3. The molecule has 0 bridgehead atoms. The molecule has 0 unspecified atom stereocenters. The minimum absolute atomic E-state index is 0.345. The number of nitrogens with zero attached hydrogens (tertiary/aromatic N) is 2. The van der Waals surface area contributed by atoms with Crippen LogP contribution in [-0.4, -0.2) is 4.68 Å². The van der Waals surface area contributed by atoms with Crippen LogP contribution >= 0.6 is 0 Å². The maximum atomic E-state index is 8.62. The zero-order valence-electron chi connectivity index (χ0n) is 9.32. The highest BCUT2D eigenvalue weighted by atomic mass is 16.3. The molecule has 2 heterocycles. The van der Waals surface area contributed by atoms with Crippen molar-refractivity contribution in [2.24, 2.45) is 0 Å². The van der Waals surface area contributed by atoms with Crippen LogP contribution in [0.4, 0.5) is 0 Å². The van der Waals surface area contributed by atoms with Gasteiger partial charge in [-0.25, -0.2) is 0 Å². The Morgan fingerprint density at radius 2 is 1.94 bits per heavy atom. The first-order chi connectivity index (χ1) is 7.70. The number of hydrogen-bond acceptors (Lipinski definition) is 3. The fourth-order valence-corrected chi connectivity index (χ4v) is 1.61. The van der Waals surface area contributed by atoms with E-state index < -0.39 is 0 Å². The van der Waals surface area contributed by atoms with Gasteiger partial charge in [0.15, 0.2) is 0 Å². The van der Waals surface area contributed by atoms with Gasteiger partial charge in [0.2, 0.25) is 5.76 Å². The first kappa shape index (κ1) is 10.4. The SMILES string of the molecule is Cc1ccc(C)n1NCc1ccc(C#N)o1. The summed E-state index contributed by atoms with van der Waals surface area (Å²) in [6.45, 7) is 4.63. The number of nitrogens with one attached hydrogen (secondary N) is 1. The summed E-state index contributed by atoms with van der Waals surface area (Å²) in [5.41, 5.74) is 5.51. The Kier molecular flexibility index (Phi) is 2.69. The number of hydrogen-bond donors (Lipinski definition) is 1. The van der Waals surface area contributed by atoms with Crippen LogP contribution in [0, 0.1) is 25.2 Å². The highest BCUT2D eigenvalue weighted by Crippen LogP contribution is 2.08. The molecule has 4 nitrogen and oxygen atoms in total. The lowest BCUT2D eigenvalue weighted by Crippen LogP contribution is -2.16. The van der Waals surface area contributed by atoms with Crippen LogP contribution in [0.2, 0.25) is 0 Å². The lowest BCUT2D eigenvalue weighted by atomic mass is 10.4. The summed E-state index contributed by atoms with van der Waals surface area (Å²) in [6, 6.07) is 9.53. The quantitative estimate of drug-likeness (QED) is 0.854. The highest BCUT2D eigenvalue weighted by Gasteiger charge is 2.03. The van der Waals surface area contributed by atoms with E-state index in [-0.39, 0.29) is 0 Å². The van der Waals surface area contributed by atoms with Gasteiger partial charge < -0.3 is 9.84 Å². The van der Waals surface area contributed by atoms with E-state index in [1.165, 1.54) is 0 Å². The lowest BCUT2D eigenvalue weighted by molar-refractivity contribution is 0.498. The van der Waals surface area contributed by atoms with Crippen LogP contribution in [0.15, 0.2) is 28.7 Å². The van der Waals surface area contributed by atoms with Gasteiger partial charge in [-0.3, -0.25) is 4.68 Å². The molecule has 82 valence electrons. The predicted molar refractivity (Wildman–Crippen MR) is 60.4 cm³/mol. The Bertz CT molecular complexity index is 511. The Balaban J connectivity index is 2.05. The van der Waals surface area contributed by atoms with E-state index in [9.17, 15) is 0 Å². The molecule has 2 rings (SSSR count). The van der Waals surface area contributed by atoms with Crippen LogP contribution in [0.1, 0.15) is 22.9 Å². The lowest BCUT2D eigenvalue weighted by Gasteiger charge is -2.10. The fraction of sp³-hybridized carbons (Fsp3) is 0.250. The molecule has 0 aliphatic heterocycles. The van der Waals surface area contributed by atoms with Gasteiger partial charge in [-0.1, -0.05) is 0 Å². The smallest absolute Gasteiger partial charge is 0.203 e. The monoisotopic (exact) mass is 215 g/mol. The van der Waals surface area contributed by atoms with Crippen LogP contribution in [-0.2, 0) is 6.54 Å². The third-order valence-electron chi connectivity index (χ3n) is 2.45. The first-order valence-electron chi connectivity index (χ1n) is 5.08. The Labute approximate surface area is 94.1 Å². The largest absolute Gasteiger partial charge is 0.449 e. The molecule has 0 saturated heterocycles. The van der Waals surface area contributed by atoms with Crippen molar-refractivity contribution in [2.45, 2.75) is 20.4 Å². The van der Waals surface area contributed by atoms with Gasteiger partial charge in [0.1, 0.15) is 11.8 Å². The van der Waals surface area contributed by atoms with Crippen LogP contribution in [0.5, 0.6) is 0 Å². The molecule has 2 aromatic heterocycles. The third-order valence-corrected chi connectivity index (χ3v) is 2.45. The summed E-state index contributed by atoms with van der Waals surface area (Å²) < 4.78 is 7.27. The summed E-state index contributed by atoms with van der Waals surface area (Å²) in [4.78, 5) is 0. The summed E-state index contributed by atoms with van der Waals surface area (Å²) in [7, 11) is 0. The maximum Gasteiger partial charge on any atom is 0.203 e. The van der Waals surface area contributed by atoms with Gasteiger partial charge in [-0.2, -0.15) is 5.26 Å². The molecule has 16 heavy (non-hydrogen) atoms. The average Bonchev–Trinajstić information content (AvgIpc) is 2.85. The molecule has 0 saturated carbocycles. The summed E-state index contributed by atoms with van der Waals surface area (Å²) in [6.07, 6.45) is 0. The number of aryl methyl sites for hydroxylation is 2. The summed E-state index contributed by atoms with van der Waals surface area (Å²) in [5, 5.41) is 8.62. The Morgan fingerprint density at radius 3 is 2.50 bits per heavy atom. The van der Waals surface area contributed by atoms with Crippen molar-refractivity contribution < 1.29 is 4.42 Å². The van der Waals surface area contributed by atoms with E-state index >= 15 is 0 Å². The molecular weight excluding hydrogens is 202 g/mol. The van der Waals surface area contributed by atoms with E-state index in [1.807, 2.05) is 36.7 Å². The number of rotatable bonds is 3. The van der Waals surface area contributed by atoms with Gasteiger partial charge in [0.05, 0.1) is 6.54 Å². The van der Waals surface area contributed by atoms with E-state index in [0.29, 0.717) is 12.3 Å². The number of aromatic nitrogens is 1. The number of nitriles is 1. The van der Waals surface area contributed by atoms with Gasteiger partial charge in [-0.15, -0.1) is 0 Å². The molecule has 0 aliphatic rings. The molecule has 0 atom stereocenters. The average molecular weight is 215 g/mol. The normalized spacial score (nSPS) is 10.1. The van der Waals surface area contributed by atoms with Gasteiger partial charge in [0, 0.05) is 11.4 Å². The maximum absolute atomic E-state index is 8.62. The van der Waals surface area contributed by atoms with Crippen molar-refractivity contribution in [1.82, 2.24) is 4.68 Å². The highest BCUT2D eigenvalue weighted by molar-refractivity contribution is 5.20. The second kappa shape index (κ2) is 4.15. The van der Waals surface area contributed by atoms with Crippen molar-refractivity contribution in [1.29, 1.82) is 5.26 Å². The predicted octanol–water partition coefficient (Wildman–Crippen LogP) is 2.31. The molecule has 1 N–H and O–H groups in total. The van der Waals surface area contributed by atoms with Gasteiger partial charge >= 0.3 is 0 Å². The molecule has 2 aromatic rings. The van der Waals surface area contributed by atoms with Crippen molar-refractivity contribution in [3.63, 3.8) is 0 Å². The van der Waals surface area contributed by atoms with Crippen molar-refractivity contribution in [2.75, 3.05) is 5.43 Å². The first-order valence-corrected chi connectivity index (χ1v) is 5.08. The molecule has 4 heteroatoms. The molecular formula is C12H13N3O. The van der Waals surface area contributed by atoms with Gasteiger partial charge in [-0.05, 0) is 38.1 Å². The fourth-order valence-electron chi connectivity index (χ4n) is 1.61. The minimum atomic E-state index is 0.345. The molecule has 0 radical (unpaired) electrons. The second-order valence-corrected chi connectivity index (χ2v) is 3.66. The molecule has 0 spiro atoms. The second-order valence-electron chi connectivity index (χ2n) is 3.66. The van der Waals surface area contributed by atoms with Gasteiger partial charge in [0.25, 0.3) is 0 Å². The Morgan fingerprint density at radius 1 is 1.25 bits per heavy atom. The van der Waals surface area contributed by atoms with Crippen LogP contribution in [0.3, 0.4) is 0 Å². The molecule has 0 aromatic carbocycles. The molecule has 0 amide bonds. The zero-order valence-corrected chi connectivity index (χ0v) is 9.32. The summed E-state index contributed by atoms with van der Waals surface area (Å²) >= 11 is 0. The minimum Gasteiger partial charge on any atom is -0.449 e. The van der Waals surface area contributed by atoms with Crippen LogP contribution < -0.4 is 5.43 Å². The van der Waals surface area contributed by atoms with E-state index in [0.717, 1.165) is 17.1 Å². The topological polar surface area (TPSA) is 53.9 Å². The zero-order chi connectivity index (χ0) is 11.5. The Hall–Kier alpha value is -2.15. The van der Waals surface area contributed by atoms with Crippen molar-refractivity contribution >= 4 is 0 Å².